The van der Waals surface area contributed by atoms with Crippen LogP contribution in [0.25, 0.3) is 17.4 Å². The van der Waals surface area contributed by atoms with E-state index in [4.69, 9.17) is 32.7 Å². The standard InChI is InChI=1S/C18H13Cl2NO5S/c19-12-5-3-10(8-13(12)20)14-6-4-11(26-14)9-15-17(24)21(18(25)27-15)7-1-2-16(22)23/h3-6,8-9H,1-2,7H2,(H,22,23)/b15-9-. The first kappa shape index (κ1) is 19.5. The number of benzene rings is 1. The predicted molar refractivity (Wildman–Crippen MR) is 104 cm³/mol. The van der Waals surface area contributed by atoms with Gasteiger partial charge in [-0.2, -0.15) is 0 Å². The summed E-state index contributed by atoms with van der Waals surface area (Å²) in [6.45, 7) is 0.0704. The van der Waals surface area contributed by atoms with Crippen molar-refractivity contribution in [3.8, 4) is 11.3 Å². The molecule has 1 aliphatic rings. The zero-order valence-electron chi connectivity index (χ0n) is 13.8. The van der Waals surface area contributed by atoms with Gasteiger partial charge in [0.05, 0.1) is 15.0 Å². The molecule has 0 unspecified atom stereocenters. The number of carbonyl (C=O) groups is 3. The minimum atomic E-state index is -0.970. The Morgan fingerprint density at radius 3 is 2.67 bits per heavy atom. The first-order valence-electron chi connectivity index (χ1n) is 7.87. The van der Waals surface area contributed by atoms with E-state index >= 15 is 0 Å². The molecule has 1 saturated heterocycles. The highest BCUT2D eigenvalue weighted by Crippen LogP contribution is 2.34. The molecule has 9 heteroatoms. The molecule has 27 heavy (non-hydrogen) atoms. The van der Waals surface area contributed by atoms with Crippen molar-refractivity contribution in [3.63, 3.8) is 0 Å². The minimum Gasteiger partial charge on any atom is -0.481 e. The number of imide groups is 1. The largest absolute Gasteiger partial charge is 0.481 e. The van der Waals surface area contributed by atoms with Crippen LogP contribution < -0.4 is 0 Å². The average Bonchev–Trinajstić information content (AvgIpc) is 3.17. The van der Waals surface area contributed by atoms with Crippen molar-refractivity contribution in [2.45, 2.75) is 12.8 Å². The molecule has 0 atom stereocenters. The van der Waals surface area contributed by atoms with Gasteiger partial charge in [0.15, 0.2) is 0 Å². The number of amides is 2. The zero-order chi connectivity index (χ0) is 19.6. The first-order chi connectivity index (χ1) is 12.8. The molecule has 2 aromatic rings. The van der Waals surface area contributed by atoms with E-state index in [0.29, 0.717) is 21.6 Å². The summed E-state index contributed by atoms with van der Waals surface area (Å²) in [5.74, 6) is -0.474. The van der Waals surface area contributed by atoms with Gasteiger partial charge < -0.3 is 9.52 Å². The van der Waals surface area contributed by atoms with Crippen molar-refractivity contribution in [1.82, 2.24) is 4.90 Å². The fourth-order valence-electron chi connectivity index (χ4n) is 2.45. The van der Waals surface area contributed by atoms with Gasteiger partial charge in [0.2, 0.25) is 0 Å². The molecule has 2 amide bonds. The summed E-state index contributed by atoms with van der Waals surface area (Å²) in [5, 5.41) is 9.07. The van der Waals surface area contributed by atoms with Crippen molar-refractivity contribution in [3.05, 3.63) is 51.0 Å². The molecule has 1 aromatic heterocycles. The van der Waals surface area contributed by atoms with Crippen LogP contribution in [0.2, 0.25) is 10.0 Å². The average molecular weight is 426 g/mol. The van der Waals surface area contributed by atoms with Gasteiger partial charge in [-0.05, 0) is 48.5 Å². The lowest BCUT2D eigenvalue weighted by molar-refractivity contribution is -0.137. The number of carboxylic acid groups (broad SMARTS) is 1. The van der Waals surface area contributed by atoms with Crippen LogP contribution in [0.15, 0.2) is 39.7 Å². The highest BCUT2D eigenvalue weighted by molar-refractivity contribution is 8.18. The number of thioether (sulfide) groups is 1. The van der Waals surface area contributed by atoms with Crippen molar-refractivity contribution in [1.29, 1.82) is 0 Å². The second kappa shape index (κ2) is 8.21. The third-order valence-electron chi connectivity index (χ3n) is 3.75. The monoisotopic (exact) mass is 425 g/mol. The Kier molecular flexibility index (Phi) is 5.94. The summed E-state index contributed by atoms with van der Waals surface area (Å²) in [6.07, 6.45) is 1.60. The van der Waals surface area contributed by atoms with E-state index in [0.717, 1.165) is 22.2 Å². The van der Waals surface area contributed by atoms with Crippen LogP contribution in [0.1, 0.15) is 18.6 Å². The lowest BCUT2D eigenvalue weighted by atomic mass is 10.2. The molecule has 140 valence electrons. The number of aliphatic carboxylic acids is 1. The normalized spacial score (nSPS) is 15.8. The second-order valence-electron chi connectivity index (χ2n) is 5.66. The summed E-state index contributed by atoms with van der Waals surface area (Å²) in [4.78, 5) is 36.2. The molecular formula is C18H13Cl2NO5S. The molecule has 1 aromatic carbocycles. The van der Waals surface area contributed by atoms with Crippen LogP contribution in [-0.4, -0.2) is 33.7 Å². The molecule has 0 saturated carbocycles. The van der Waals surface area contributed by atoms with Gasteiger partial charge in [-0.3, -0.25) is 19.3 Å². The van der Waals surface area contributed by atoms with E-state index in [1.165, 1.54) is 6.08 Å². The van der Waals surface area contributed by atoms with E-state index in [1.807, 2.05) is 0 Å². The van der Waals surface area contributed by atoms with Gasteiger partial charge in [0.1, 0.15) is 11.5 Å². The topological polar surface area (TPSA) is 87.8 Å². The van der Waals surface area contributed by atoms with Crippen LogP contribution in [0, 0.1) is 0 Å². The van der Waals surface area contributed by atoms with Crippen LogP contribution in [0.3, 0.4) is 0 Å². The van der Waals surface area contributed by atoms with Crippen molar-refractivity contribution < 1.29 is 23.9 Å². The fourth-order valence-corrected chi connectivity index (χ4v) is 3.59. The van der Waals surface area contributed by atoms with E-state index in [9.17, 15) is 14.4 Å². The van der Waals surface area contributed by atoms with Gasteiger partial charge in [-0.15, -0.1) is 0 Å². The summed E-state index contributed by atoms with van der Waals surface area (Å²) in [6, 6.07) is 8.48. The number of hydrogen-bond acceptors (Lipinski definition) is 5. The summed E-state index contributed by atoms with van der Waals surface area (Å²) in [5.41, 5.74) is 0.728. The number of hydrogen-bond donors (Lipinski definition) is 1. The SMILES string of the molecule is O=C(O)CCCN1C(=O)S/C(=C\c2ccc(-c3ccc(Cl)c(Cl)c3)o2)C1=O. The van der Waals surface area contributed by atoms with Crippen molar-refractivity contribution in [2.75, 3.05) is 6.54 Å². The maximum absolute atomic E-state index is 12.3. The quantitative estimate of drug-likeness (QED) is 0.643. The predicted octanol–water partition coefficient (Wildman–Crippen LogP) is 5.15. The lowest BCUT2D eigenvalue weighted by Crippen LogP contribution is -2.29. The molecule has 3 rings (SSSR count). The Balaban J connectivity index is 1.74. The number of halogens is 2. The van der Waals surface area contributed by atoms with Gasteiger partial charge in [-0.25, -0.2) is 0 Å². The maximum Gasteiger partial charge on any atom is 0.303 e. The second-order valence-corrected chi connectivity index (χ2v) is 7.47. The smallest absolute Gasteiger partial charge is 0.303 e. The Bertz CT molecular complexity index is 953. The molecule has 0 spiro atoms. The van der Waals surface area contributed by atoms with Gasteiger partial charge in [0.25, 0.3) is 11.1 Å². The van der Waals surface area contributed by atoms with Crippen molar-refractivity contribution >= 4 is 58.2 Å². The number of nitrogens with zero attached hydrogens (tertiary/aromatic N) is 1. The van der Waals surface area contributed by atoms with Gasteiger partial charge >= 0.3 is 5.97 Å². The number of rotatable bonds is 6. The van der Waals surface area contributed by atoms with E-state index in [1.54, 1.807) is 30.3 Å². The van der Waals surface area contributed by atoms with Crippen LogP contribution in [-0.2, 0) is 9.59 Å². The fraction of sp³-hybridized carbons (Fsp3) is 0.167. The van der Waals surface area contributed by atoms with Crippen LogP contribution in [0.4, 0.5) is 4.79 Å². The number of carbonyl (C=O) groups excluding carboxylic acids is 2. The molecule has 1 N–H and O–H groups in total. The summed E-state index contributed by atoms with van der Waals surface area (Å²) >= 11 is 12.7. The Morgan fingerprint density at radius 1 is 1.19 bits per heavy atom. The lowest BCUT2D eigenvalue weighted by Gasteiger charge is -2.10. The van der Waals surface area contributed by atoms with Gasteiger partial charge in [-0.1, -0.05) is 23.2 Å². The molecule has 0 bridgehead atoms. The molecule has 2 heterocycles. The van der Waals surface area contributed by atoms with E-state index < -0.39 is 17.1 Å². The highest BCUT2D eigenvalue weighted by Gasteiger charge is 2.34. The highest BCUT2D eigenvalue weighted by atomic mass is 35.5. The Hall–Kier alpha value is -2.22. The molecule has 0 radical (unpaired) electrons. The molecular weight excluding hydrogens is 413 g/mol. The van der Waals surface area contributed by atoms with E-state index in [2.05, 4.69) is 0 Å². The molecule has 1 fully saturated rings. The Morgan fingerprint density at radius 2 is 1.96 bits per heavy atom. The van der Waals surface area contributed by atoms with Gasteiger partial charge in [0, 0.05) is 24.6 Å². The Labute approximate surface area is 168 Å². The zero-order valence-corrected chi connectivity index (χ0v) is 16.1. The summed E-state index contributed by atoms with van der Waals surface area (Å²) < 4.78 is 5.71. The van der Waals surface area contributed by atoms with Crippen molar-refractivity contribution in [2.24, 2.45) is 0 Å². The third-order valence-corrected chi connectivity index (χ3v) is 5.40. The number of carboxylic acids is 1. The maximum atomic E-state index is 12.3. The third kappa shape index (κ3) is 4.55. The van der Waals surface area contributed by atoms with Crippen LogP contribution >= 0.6 is 35.0 Å². The minimum absolute atomic E-state index is 0.0704. The number of furan rings is 1. The molecule has 0 aliphatic carbocycles. The molecule has 1 aliphatic heterocycles. The summed E-state index contributed by atoms with van der Waals surface area (Å²) in [7, 11) is 0. The van der Waals surface area contributed by atoms with Crippen LogP contribution in [0.5, 0.6) is 0 Å². The molecule has 6 nitrogen and oxygen atoms in total. The van der Waals surface area contributed by atoms with E-state index in [-0.39, 0.29) is 24.3 Å². The first-order valence-corrected chi connectivity index (χ1v) is 9.45.